The summed E-state index contributed by atoms with van der Waals surface area (Å²) >= 11 is 7.71. The Morgan fingerprint density at radius 1 is 1.05 bits per heavy atom. The van der Waals surface area contributed by atoms with Gasteiger partial charge in [0.2, 0.25) is 0 Å². The van der Waals surface area contributed by atoms with Crippen LogP contribution in [0.2, 0.25) is 5.02 Å². The van der Waals surface area contributed by atoms with Gasteiger partial charge < -0.3 is 30.3 Å². The van der Waals surface area contributed by atoms with Crippen LogP contribution in [0.1, 0.15) is 10.6 Å². The number of hydrogen-bond acceptors (Lipinski definition) is 7. The maximum absolute atomic E-state index is 12.7. The largest absolute Gasteiger partial charge is 0.491 e. The molecule has 0 spiro atoms. The molecule has 2 heterocycles. The number of aromatic nitrogens is 1. The number of halogens is 1. The summed E-state index contributed by atoms with van der Waals surface area (Å²) in [7, 11) is 0. The van der Waals surface area contributed by atoms with Gasteiger partial charge in [0, 0.05) is 48.5 Å². The van der Waals surface area contributed by atoms with Gasteiger partial charge in [-0.25, -0.2) is 14.6 Å². The molecule has 4 amide bonds. The number of nitrogens with zero attached hydrogens (tertiary/aromatic N) is 3. The van der Waals surface area contributed by atoms with Gasteiger partial charge in [-0.3, -0.25) is 5.32 Å². The van der Waals surface area contributed by atoms with Crippen molar-refractivity contribution >= 4 is 57.2 Å². The number of aliphatic hydroxyl groups is 1. The van der Waals surface area contributed by atoms with E-state index in [9.17, 15) is 9.59 Å². The van der Waals surface area contributed by atoms with Crippen molar-refractivity contribution in [2.24, 2.45) is 0 Å². The molecule has 0 radical (unpaired) electrons. The summed E-state index contributed by atoms with van der Waals surface area (Å²) in [6.07, 6.45) is 0. The fourth-order valence-corrected chi connectivity index (χ4v) is 4.78. The number of ether oxygens (including phenoxy) is 1. The summed E-state index contributed by atoms with van der Waals surface area (Å²) in [6, 6.07) is 12.0. The minimum atomic E-state index is -0.339. The highest BCUT2D eigenvalue weighted by atomic mass is 35.5. The third kappa shape index (κ3) is 7.03. The van der Waals surface area contributed by atoms with E-state index in [2.05, 4.69) is 25.8 Å². The quantitative estimate of drug-likeness (QED) is 0.340. The number of amides is 4. The smallest absolute Gasteiger partial charge is 0.325 e. The minimum Gasteiger partial charge on any atom is -0.491 e. The zero-order valence-corrected chi connectivity index (χ0v) is 22.2. The van der Waals surface area contributed by atoms with Crippen LogP contribution in [0, 0.1) is 13.8 Å². The van der Waals surface area contributed by atoms with Crippen LogP contribution in [0.5, 0.6) is 5.75 Å². The number of piperazine rings is 1. The molecular formula is C25H29ClN6O4S. The van der Waals surface area contributed by atoms with Crippen molar-refractivity contribution in [3.8, 4) is 5.75 Å². The average molecular weight is 545 g/mol. The van der Waals surface area contributed by atoms with Crippen molar-refractivity contribution in [3.63, 3.8) is 0 Å². The lowest BCUT2D eigenvalue weighted by molar-refractivity contribution is 0.201. The molecule has 1 aliphatic heterocycles. The lowest BCUT2D eigenvalue weighted by Gasteiger charge is -2.36. The van der Waals surface area contributed by atoms with Crippen molar-refractivity contribution in [2.75, 3.05) is 60.2 Å². The number of aryl methyl sites for hydroxylation is 2. The Labute approximate surface area is 224 Å². The standard InChI is InChI=1S/C25H29ClN6O4S/c1-16-17(2)37-24(27-16)30-23(34)28-18-3-5-19(6-4-18)31-9-11-32(12-10-31)25(35)29-22-8-7-20(15-21(22)26)36-14-13-33/h3-8,15,33H,9-14H2,1-2H3,(H,29,35)(H2,27,28,30,34). The van der Waals surface area contributed by atoms with E-state index in [1.165, 1.54) is 11.3 Å². The molecule has 1 saturated heterocycles. The van der Waals surface area contributed by atoms with Crippen LogP contribution in [-0.4, -0.2) is 66.4 Å². The number of carbonyl (C=O) groups excluding carboxylic acids is 2. The van der Waals surface area contributed by atoms with Gasteiger partial charge in [-0.05, 0) is 50.2 Å². The molecule has 4 rings (SSSR count). The molecule has 1 aliphatic rings. The first-order valence-electron chi connectivity index (χ1n) is 11.8. The summed E-state index contributed by atoms with van der Waals surface area (Å²) < 4.78 is 5.33. The number of thiazole rings is 1. The zero-order chi connectivity index (χ0) is 26.4. The van der Waals surface area contributed by atoms with Crippen LogP contribution in [0.4, 0.5) is 31.8 Å². The molecule has 0 saturated carbocycles. The van der Waals surface area contributed by atoms with Crippen LogP contribution in [0.15, 0.2) is 42.5 Å². The Hall–Kier alpha value is -3.54. The molecule has 196 valence electrons. The molecule has 4 N–H and O–H groups in total. The van der Waals surface area contributed by atoms with Gasteiger partial charge in [-0.2, -0.15) is 0 Å². The molecule has 3 aromatic rings. The first-order valence-corrected chi connectivity index (χ1v) is 13.0. The van der Waals surface area contributed by atoms with Crippen molar-refractivity contribution in [2.45, 2.75) is 13.8 Å². The Bertz CT molecular complexity index is 1220. The van der Waals surface area contributed by atoms with Gasteiger partial charge in [0.05, 0.1) is 23.0 Å². The van der Waals surface area contributed by atoms with Crippen LogP contribution in [-0.2, 0) is 0 Å². The van der Waals surface area contributed by atoms with Gasteiger partial charge in [0.25, 0.3) is 0 Å². The molecule has 37 heavy (non-hydrogen) atoms. The van der Waals surface area contributed by atoms with Crippen LogP contribution in [0.3, 0.4) is 0 Å². The molecule has 1 aromatic heterocycles. The van der Waals surface area contributed by atoms with Crippen LogP contribution < -0.4 is 25.6 Å². The number of aliphatic hydroxyl groups excluding tert-OH is 1. The lowest BCUT2D eigenvalue weighted by Crippen LogP contribution is -2.50. The highest BCUT2D eigenvalue weighted by molar-refractivity contribution is 7.15. The maximum atomic E-state index is 12.7. The number of rotatable bonds is 7. The van der Waals surface area contributed by atoms with E-state index in [0.29, 0.717) is 53.5 Å². The van der Waals surface area contributed by atoms with Gasteiger partial charge in [-0.1, -0.05) is 11.6 Å². The summed E-state index contributed by atoms with van der Waals surface area (Å²) in [4.78, 5) is 34.3. The number of nitrogens with one attached hydrogen (secondary N) is 3. The highest BCUT2D eigenvalue weighted by Crippen LogP contribution is 2.27. The molecule has 0 aliphatic carbocycles. The van der Waals surface area contributed by atoms with Gasteiger partial charge in [-0.15, -0.1) is 11.3 Å². The van der Waals surface area contributed by atoms with Crippen molar-refractivity contribution in [1.29, 1.82) is 0 Å². The second-order valence-electron chi connectivity index (χ2n) is 8.40. The third-order valence-corrected chi connectivity index (χ3v) is 7.15. The van der Waals surface area contributed by atoms with E-state index in [1.807, 2.05) is 38.1 Å². The Morgan fingerprint density at radius 2 is 1.78 bits per heavy atom. The molecule has 12 heteroatoms. The van der Waals surface area contributed by atoms with Gasteiger partial charge in [0.1, 0.15) is 12.4 Å². The maximum Gasteiger partial charge on any atom is 0.325 e. The highest BCUT2D eigenvalue weighted by Gasteiger charge is 2.22. The Morgan fingerprint density at radius 3 is 2.41 bits per heavy atom. The van der Waals surface area contributed by atoms with E-state index in [4.69, 9.17) is 21.4 Å². The molecule has 10 nitrogen and oxygen atoms in total. The molecule has 0 unspecified atom stereocenters. The second-order valence-corrected chi connectivity index (χ2v) is 10.0. The molecular weight excluding hydrogens is 516 g/mol. The number of carbonyl (C=O) groups is 2. The van der Waals surface area contributed by atoms with Gasteiger partial charge >= 0.3 is 12.1 Å². The number of anilines is 4. The van der Waals surface area contributed by atoms with Crippen LogP contribution >= 0.6 is 22.9 Å². The Balaban J connectivity index is 1.25. The summed E-state index contributed by atoms with van der Waals surface area (Å²) in [6.45, 7) is 6.41. The second kappa shape index (κ2) is 12.1. The fraction of sp³-hybridized carbons (Fsp3) is 0.320. The first-order chi connectivity index (χ1) is 17.8. The molecule has 0 bridgehead atoms. The minimum absolute atomic E-state index is 0.0896. The van der Waals surface area contributed by atoms with Crippen molar-refractivity contribution in [3.05, 3.63) is 58.1 Å². The van der Waals surface area contributed by atoms with E-state index in [1.54, 1.807) is 23.1 Å². The predicted octanol–water partition coefficient (Wildman–Crippen LogP) is 4.78. The van der Waals surface area contributed by atoms with Crippen LogP contribution in [0.25, 0.3) is 0 Å². The van der Waals surface area contributed by atoms with E-state index in [-0.39, 0.29) is 25.3 Å². The number of urea groups is 2. The predicted molar refractivity (Wildman–Crippen MR) is 148 cm³/mol. The average Bonchev–Trinajstić information content (AvgIpc) is 3.20. The van der Waals surface area contributed by atoms with E-state index < -0.39 is 0 Å². The molecule has 2 aromatic carbocycles. The topological polar surface area (TPSA) is 119 Å². The zero-order valence-electron chi connectivity index (χ0n) is 20.6. The summed E-state index contributed by atoms with van der Waals surface area (Å²) in [5.74, 6) is 0.525. The molecule has 1 fully saturated rings. The molecule has 0 atom stereocenters. The SMILES string of the molecule is Cc1nc(NC(=O)Nc2ccc(N3CCN(C(=O)Nc4ccc(OCCO)cc4Cl)CC3)cc2)sc1C. The lowest BCUT2D eigenvalue weighted by atomic mass is 10.2. The summed E-state index contributed by atoms with van der Waals surface area (Å²) in [5, 5.41) is 18.2. The van der Waals surface area contributed by atoms with Gasteiger partial charge in [0.15, 0.2) is 5.13 Å². The third-order valence-electron chi connectivity index (χ3n) is 5.85. The van der Waals surface area contributed by atoms with E-state index >= 15 is 0 Å². The summed E-state index contributed by atoms with van der Waals surface area (Å²) in [5.41, 5.74) is 3.09. The number of benzene rings is 2. The first kappa shape index (κ1) is 26.5. The normalized spacial score (nSPS) is 13.3. The van der Waals surface area contributed by atoms with E-state index in [0.717, 1.165) is 16.3 Å². The van der Waals surface area contributed by atoms with Crippen molar-refractivity contribution < 1.29 is 19.4 Å². The fourth-order valence-electron chi connectivity index (χ4n) is 3.75. The Kier molecular flexibility index (Phi) is 8.70. The van der Waals surface area contributed by atoms with Crippen molar-refractivity contribution in [1.82, 2.24) is 9.88 Å². The monoisotopic (exact) mass is 544 g/mol. The number of hydrogen-bond donors (Lipinski definition) is 4.